The molecular weight excluding hydrogens is 296 g/mol. The molecule has 2 saturated carbocycles. The van der Waals surface area contributed by atoms with Crippen LogP contribution in [0.2, 0.25) is 0 Å². The van der Waals surface area contributed by atoms with E-state index in [1.807, 2.05) is 0 Å². The number of hydrogen-bond donors (Lipinski definition) is 0. The molecule has 0 aromatic carbocycles. The van der Waals surface area contributed by atoms with Gasteiger partial charge in [-0.05, 0) is 74.2 Å². The monoisotopic (exact) mass is 328 g/mol. The van der Waals surface area contributed by atoms with Gasteiger partial charge in [0.15, 0.2) is 5.79 Å². The van der Waals surface area contributed by atoms with Crippen LogP contribution in [0.1, 0.15) is 65.7 Å². The lowest BCUT2D eigenvalue weighted by Gasteiger charge is -2.58. The van der Waals surface area contributed by atoms with Gasteiger partial charge in [0.1, 0.15) is 0 Å². The Morgan fingerprint density at radius 3 is 2.54 bits per heavy atom. The highest BCUT2D eigenvalue weighted by molar-refractivity contribution is 5.36. The molecule has 0 bridgehead atoms. The largest absolute Gasteiger partial charge is 0.347 e. The Bertz CT molecular complexity index is 611. The van der Waals surface area contributed by atoms with E-state index < -0.39 is 0 Å². The van der Waals surface area contributed by atoms with Gasteiger partial charge in [-0.25, -0.2) is 0 Å². The van der Waals surface area contributed by atoms with Crippen LogP contribution in [0.4, 0.5) is 0 Å². The molecule has 24 heavy (non-hydrogen) atoms. The van der Waals surface area contributed by atoms with E-state index in [1.54, 1.807) is 11.1 Å². The zero-order valence-corrected chi connectivity index (χ0v) is 15.6. The van der Waals surface area contributed by atoms with Crippen molar-refractivity contribution in [3.05, 3.63) is 23.3 Å². The van der Waals surface area contributed by atoms with Gasteiger partial charge in [-0.2, -0.15) is 0 Å². The fourth-order valence-electron chi connectivity index (χ4n) is 7.35. The third-order valence-corrected chi connectivity index (χ3v) is 8.76. The molecule has 0 radical (unpaired) electrons. The first-order valence-electron chi connectivity index (χ1n) is 10.1. The Hall–Kier alpha value is -0.600. The van der Waals surface area contributed by atoms with Crippen LogP contribution in [0.5, 0.6) is 0 Å². The van der Waals surface area contributed by atoms with E-state index in [1.165, 1.54) is 38.5 Å². The Morgan fingerprint density at radius 1 is 1.00 bits per heavy atom. The molecule has 0 N–H and O–H groups in total. The van der Waals surface area contributed by atoms with Crippen molar-refractivity contribution < 1.29 is 9.47 Å². The van der Waals surface area contributed by atoms with E-state index in [4.69, 9.17) is 9.47 Å². The summed E-state index contributed by atoms with van der Waals surface area (Å²) in [4.78, 5) is 0. The minimum atomic E-state index is -0.253. The molecule has 5 atom stereocenters. The Labute approximate surface area is 146 Å². The smallest absolute Gasteiger partial charge is 0.174 e. The molecule has 0 aromatic rings. The molecule has 5 aliphatic rings. The molecule has 1 saturated heterocycles. The van der Waals surface area contributed by atoms with Crippen LogP contribution in [0.25, 0.3) is 0 Å². The van der Waals surface area contributed by atoms with Crippen molar-refractivity contribution in [2.45, 2.75) is 71.5 Å². The summed E-state index contributed by atoms with van der Waals surface area (Å²) in [5, 5.41) is 0. The normalized spacial score (nSPS) is 49.2. The standard InChI is InChI=1S/C22H32O2/c1-15-6-9-20(2)16(14-15)4-5-17-18(20)7-10-21(3)19(17)8-11-22(21)23-12-13-24-22/h4,14,17-19H,5-13H2,1-3H3. The molecule has 132 valence electrons. The van der Waals surface area contributed by atoms with Gasteiger partial charge < -0.3 is 9.47 Å². The quantitative estimate of drug-likeness (QED) is 0.605. The van der Waals surface area contributed by atoms with E-state index in [0.29, 0.717) is 5.41 Å². The molecule has 1 heterocycles. The molecule has 5 unspecified atom stereocenters. The maximum absolute atomic E-state index is 6.25. The third kappa shape index (κ3) is 1.80. The van der Waals surface area contributed by atoms with Crippen molar-refractivity contribution in [1.29, 1.82) is 0 Å². The van der Waals surface area contributed by atoms with E-state index in [-0.39, 0.29) is 11.2 Å². The van der Waals surface area contributed by atoms with Crippen molar-refractivity contribution in [3.8, 4) is 0 Å². The Morgan fingerprint density at radius 2 is 1.75 bits per heavy atom. The summed E-state index contributed by atoms with van der Waals surface area (Å²) in [5.74, 6) is 2.21. The van der Waals surface area contributed by atoms with Crippen molar-refractivity contribution in [1.82, 2.24) is 0 Å². The van der Waals surface area contributed by atoms with Gasteiger partial charge in [-0.15, -0.1) is 0 Å². The van der Waals surface area contributed by atoms with Crippen molar-refractivity contribution in [3.63, 3.8) is 0 Å². The number of ether oxygens (including phenoxy) is 2. The lowest BCUT2D eigenvalue weighted by Crippen LogP contribution is -2.54. The average Bonchev–Trinajstić information content (AvgIpc) is 3.15. The van der Waals surface area contributed by atoms with E-state index in [2.05, 4.69) is 32.9 Å². The molecular formula is C22H32O2. The van der Waals surface area contributed by atoms with Gasteiger partial charge >= 0.3 is 0 Å². The number of hydrogen-bond acceptors (Lipinski definition) is 2. The first-order chi connectivity index (χ1) is 11.5. The molecule has 3 fully saturated rings. The van der Waals surface area contributed by atoms with Crippen molar-refractivity contribution in [2.75, 3.05) is 13.2 Å². The number of fused-ring (bicyclic) bond motifs is 6. The molecule has 4 aliphatic carbocycles. The number of rotatable bonds is 0. The lowest BCUT2D eigenvalue weighted by molar-refractivity contribution is -0.241. The molecule has 1 aliphatic heterocycles. The predicted octanol–water partition coefficient (Wildman–Crippen LogP) is 5.25. The summed E-state index contributed by atoms with van der Waals surface area (Å²) < 4.78 is 12.5. The summed E-state index contributed by atoms with van der Waals surface area (Å²) in [6, 6.07) is 0. The molecule has 2 nitrogen and oxygen atoms in total. The number of allylic oxidation sites excluding steroid dienone is 4. The third-order valence-electron chi connectivity index (χ3n) is 8.76. The summed E-state index contributed by atoms with van der Waals surface area (Å²) in [6.07, 6.45) is 14.1. The van der Waals surface area contributed by atoms with Gasteiger partial charge in [0.05, 0.1) is 13.2 Å². The molecule has 1 spiro atoms. The van der Waals surface area contributed by atoms with Crippen molar-refractivity contribution >= 4 is 0 Å². The molecule has 0 amide bonds. The van der Waals surface area contributed by atoms with Crippen LogP contribution in [-0.4, -0.2) is 19.0 Å². The summed E-state index contributed by atoms with van der Waals surface area (Å²) >= 11 is 0. The van der Waals surface area contributed by atoms with Gasteiger partial charge in [-0.1, -0.05) is 31.6 Å². The van der Waals surface area contributed by atoms with Crippen LogP contribution >= 0.6 is 0 Å². The zero-order chi connectivity index (χ0) is 16.6. The van der Waals surface area contributed by atoms with Gasteiger partial charge in [0.2, 0.25) is 0 Å². The average molecular weight is 328 g/mol. The summed E-state index contributed by atoms with van der Waals surface area (Å²) in [6.45, 7) is 8.94. The second kappa shape index (κ2) is 4.98. The van der Waals surface area contributed by atoms with Crippen LogP contribution in [0, 0.1) is 28.6 Å². The highest BCUT2D eigenvalue weighted by atomic mass is 16.7. The maximum atomic E-state index is 6.25. The van der Waals surface area contributed by atoms with E-state index in [0.717, 1.165) is 37.4 Å². The van der Waals surface area contributed by atoms with Crippen LogP contribution in [0.15, 0.2) is 23.3 Å². The minimum absolute atomic E-state index is 0.229. The first-order valence-corrected chi connectivity index (χ1v) is 10.1. The molecule has 0 aromatic heterocycles. The van der Waals surface area contributed by atoms with E-state index >= 15 is 0 Å². The molecule has 5 rings (SSSR count). The molecule has 2 heteroatoms. The van der Waals surface area contributed by atoms with Gasteiger partial charge in [-0.3, -0.25) is 0 Å². The maximum Gasteiger partial charge on any atom is 0.174 e. The highest BCUT2D eigenvalue weighted by Gasteiger charge is 2.66. The fourth-order valence-corrected chi connectivity index (χ4v) is 7.35. The Kier molecular flexibility index (Phi) is 3.24. The Balaban J connectivity index is 1.51. The zero-order valence-electron chi connectivity index (χ0n) is 15.6. The fraction of sp³-hybridized carbons (Fsp3) is 0.818. The van der Waals surface area contributed by atoms with Crippen LogP contribution in [0.3, 0.4) is 0 Å². The summed E-state index contributed by atoms with van der Waals surface area (Å²) in [5.41, 5.74) is 3.87. The van der Waals surface area contributed by atoms with Crippen LogP contribution < -0.4 is 0 Å². The highest BCUT2D eigenvalue weighted by Crippen LogP contribution is 2.68. The van der Waals surface area contributed by atoms with Gasteiger partial charge in [0.25, 0.3) is 0 Å². The van der Waals surface area contributed by atoms with Crippen molar-refractivity contribution in [2.24, 2.45) is 28.6 Å². The second-order valence-electron chi connectivity index (χ2n) is 9.62. The lowest BCUT2D eigenvalue weighted by atomic mass is 9.48. The predicted molar refractivity (Wildman–Crippen MR) is 95.5 cm³/mol. The van der Waals surface area contributed by atoms with Gasteiger partial charge in [0, 0.05) is 11.8 Å². The first kappa shape index (κ1) is 15.6. The summed E-state index contributed by atoms with van der Waals surface area (Å²) in [7, 11) is 0. The minimum Gasteiger partial charge on any atom is -0.347 e. The topological polar surface area (TPSA) is 18.5 Å². The SMILES string of the molecule is CC1=CC2=CCC3C(CCC4(C)C3CCC43OCCO3)C2(C)CC1. The van der Waals surface area contributed by atoms with Crippen LogP contribution in [-0.2, 0) is 9.47 Å². The second-order valence-corrected chi connectivity index (χ2v) is 9.62. The van der Waals surface area contributed by atoms with E-state index in [9.17, 15) is 0 Å².